The highest BCUT2D eigenvalue weighted by molar-refractivity contribution is 9.10. The minimum Gasteiger partial charge on any atom is -0.455 e. The Hall–Kier alpha value is -2.73. The van der Waals surface area contributed by atoms with Crippen LogP contribution in [0.25, 0.3) is 11.3 Å². The van der Waals surface area contributed by atoms with Crippen LogP contribution in [0.2, 0.25) is 0 Å². The summed E-state index contributed by atoms with van der Waals surface area (Å²) in [5.41, 5.74) is 5.00. The number of furan rings is 1. The molecule has 0 atom stereocenters. The minimum atomic E-state index is -0.326. The number of aromatic nitrogens is 1. The molecule has 1 amide bonds. The molecule has 0 spiro atoms. The number of hydrazone groups is 1. The zero-order valence-corrected chi connectivity index (χ0v) is 14.4. The SMILES string of the molecule is Cc1ccc(-c2ccc(/C=N\NC(=O)c3cccnc3)o2)c(Br)c1. The summed E-state index contributed by atoms with van der Waals surface area (Å²) in [7, 11) is 0. The molecule has 0 bridgehead atoms. The summed E-state index contributed by atoms with van der Waals surface area (Å²) in [4.78, 5) is 15.7. The first-order valence-corrected chi connectivity index (χ1v) is 8.02. The van der Waals surface area contributed by atoms with Crippen LogP contribution in [-0.4, -0.2) is 17.1 Å². The maximum Gasteiger partial charge on any atom is 0.272 e. The molecule has 0 fully saturated rings. The molecule has 6 heteroatoms. The monoisotopic (exact) mass is 383 g/mol. The second kappa shape index (κ2) is 7.23. The first-order valence-electron chi connectivity index (χ1n) is 7.23. The molecule has 5 nitrogen and oxygen atoms in total. The third-order valence-corrected chi connectivity index (χ3v) is 3.95. The Kier molecular flexibility index (Phi) is 4.86. The van der Waals surface area contributed by atoms with E-state index in [4.69, 9.17) is 4.42 Å². The lowest BCUT2D eigenvalue weighted by molar-refractivity contribution is 0.0955. The van der Waals surface area contributed by atoms with E-state index in [2.05, 4.69) is 31.4 Å². The zero-order chi connectivity index (χ0) is 16.9. The maximum absolute atomic E-state index is 11.8. The van der Waals surface area contributed by atoms with E-state index in [1.165, 1.54) is 12.4 Å². The van der Waals surface area contributed by atoms with Crippen LogP contribution < -0.4 is 5.43 Å². The molecule has 3 rings (SSSR count). The molecule has 3 aromatic rings. The van der Waals surface area contributed by atoms with E-state index in [1.54, 1.807) is 24.4 Å². The van der Waals surface area contributed by atoms with Gasteiger partial charge in [0.05, 0.1) is 11.8 Å². The first kappa shape index (κ1) is 16.1. The van der Waals surface area contributed by atoms with E-state index in [1.807, 2.05) is 31.2 Å². The third kappa shape index (κ3) is 3.78. The van der Waals surface area contributed by atoms with Crippen LogP contribution in [0.15, 0.2) is 68.8 Å². The maximum atomic E-state index is 11.8. The van der Waals surface area contributed by atoms with Crippen molar-refractivity contribution in [1.29, 1.82) is 0 Å². The lowest BCUT2D eigenvalue weighted by atomic mass is 10.1. The zero-order valence-electron chi connectivity index (χ0n) is 12.9. The number of halogens is 1. The fourth-order valence-electron chi connectivity index (χ4n) is 2.10. The topological polar surface area (TPSA) is 67.5 Å². The average Bonchev–Trinajstić information content (AvgIpc) is 3.04. The van der Waals surface area contributed by atoms with Crippen molar-refractivity contribution >= 4 is 28.1 Å². The first-order chi connectivity index (χ1) is 11.6. The smallest absolute Gasteiger partial charge is 0.272 e. The predicted octanol–water partition coefficient (Wildman–Crippen LogP) is 4.18. The van der Waals surface area contributed by atoms with Gasteiger partial charge >= 0.3 is 0 Å². The quantitative estimate of drug-likeness (QED) is 0.542. The van der Waals surface area contributed by atoms with Crippen molar-refractivity contribution in [2.45, 2.75) is 6.92 Å². The van der Waals surface area contributed by atoms with Gasteiger partial charge in [0, 0.05) is 22.4 Å². The molecule has 0 saturated carbocycles. The molecule has 2 aromatic heterocycles. The second-order valence-electron chi connectivity index (χ2n) is 5.13. The van der Waals surface area contributed by atoms with Crippen molar-refractivity contribution in [2.75, 3.05) is 0 Å². The highest BCUT2D eigenvalue weighted by Gasteiger charge is 2.08. The van der Waals surface area contributed by atoms with Crippen molar-refractivity contribution in [3.05, 3.63) is 76.2 Å². The molecule has 24 heavy (non-hydrogen) atoms. The highest BCUT2D eigenvalue weighted by atomic mass is 79.9. The van der Waals surface area contributed by atoms with E-state index in [0.717, 1.165) is 21.4 Å². The molecular weight excluding hydrogens is 370 g/mol. The van der Waals surface area contributed by atoms with E-state index in [-0.39, 0.29) is 5.91 Å². The van der Waals surface area contributed by atoms with E-state index < -0.39 is 0 Å². The number of benzene rings is 1. The molecule has 0 aliphatic heterocycles. The number of aryl methyl sites for hydroxylation is 1. The lowest BCUT2D eigenvalue weighted by Gasteiger charge is -2.02. The predicted molar refractivity (Wildman–Crippen MR) is 95.9 cm³/mol. The Morgan fingerprint density at radius 1 is 1.29 bits per heavy atom. The van der Waals surface area contributed by atoms with Gasteiger partial charge in [0.15, 0.2) is 0 Å². The summed E-state index contributed by atoms with van der Waals surface area (Å²) in [5.74, 6) is 0.943. The van der Waals surface area contributed by atoms with Crippen molar-refractivity contribution in [1.82, 2.24) is 10.4 Å². The number of nitrogens with one attached hydrogen (secondary N) is 1. The molecule has 1 N–H and O–H groups in total. The summed E-state index contributed by atoms with van der Waals surface area (Å²) in [5, 5.41) is 3.90. The Morgan fingerprint density at radius 2 is 2.17 bits per heavy atom. The molecule has 0 radical (unpaired) electrons. The number of carbonyl (C=O) groups excluding carboxylic acids is 1. The van der Waals surface area contributed by atoms with Crippen LogP contribution in [0, 0.1) is 6.92 Å². The van der Waals surface area contributed by atoms with E-state index >= 15 is 0 Å². The van der Waals surface area contributed by atoms with Crippen molar-refractivity contribution < 1.29 is 9.21 Å². The molecule has 0 aliphatic carbocycles. The van der Waals surface area contributed by atoms with Gasteiger partial charge in [0.2, 0.25) is 0 Å². The third-order valence-electron chi connectivity index (χ3n) is 3.30. The summed E-state index contributed by atoms with van der Waals surface area (Å²) in [6, 6.07) is 13.0. The molecule has 0 unspecified atom stereocenters. The van der Waals surface area contributed by atoms with Crippen molar-refractivity contribution in [3.63, 3.8) is 0 Å². The molecule has 120 valence electrons. The molecular formula is C18H14BrN3O2. The van der Waals surface area contributed by atoms with Crippen LogP contribution in [0.3, 0.4) is 0 Å². The molecule has 1 aromatic carbocycles. The molecule has 0 aliphatic rings. The Labute approximate surface area is 147 Å². The fourth-order valence-corrected chi connectivity index (χ4v) is 2.79. The number of carbonyl (C=O) groups is 1. The van der Waals surface area contributed by atoms with Crippen molar-refractivity contribution in [2.24, 2.45) is 5.10 Å². The van der Waals surface area contributed by atoms with E-state index in [9.17, 15) is 4.79 Å². The van der Waals surface area contributed by atoms with Gasteiger partial charge in [-0.15, -0.1) is 0 Å². The Morgan fingerprint density at radius 3 is 2.92 bits per heavy atom. The number of pyridine rings is 1. The lowest BCUT2D eigenvalue weighted by Crippen LogP contribution is -2.17. The van der Waals surface area contributed by atoms with E-state index in [0.29, 0.717) is 11.3 Å². The van der Waals surface area contributed by atoms with Crippen LogP contribution in [-0.2, 0) is 0 Å². The minimum absolute atomic E-state index is 0.326. The van der Waals surface area contributed by atoms with Gasteiger partial charge in [-0.3, -0.25) is 9.78 Å². The average molecular weight is 384 g/mol. The van der Waals surface area contributed by atoms with Gasteiger partial charge in [0.25, 0.3) is 5.91 Å². The number of nitrogens with zero attached hydrogens (tertiary/aromatic N) is 2. The van der Waals surface area contributed by atoms with Gasteiger partial charge in [-0.2, -0.15) is 5.10 Å². The number of hydrogen-bond acceptors (Lipinski definition) is 4. The molecule has 2 heterocycles. The normalized spacial score (nSPS) is 10.9. The van der Waals surface area contributed by atoms with Crippen LogP contribution >= 0.6 is 15.9 Å². The van der Waals surface area contributed by atoms with Gasteiger partial charge in [-0.25, -0.2) is 5.43 Å². The van der Waals surface area contributed by atoms with Gasteiger partial charge in [-0.1, -0.05) is 22.0 Å². The standard InChI is InChI=1S/C18H14BrN3O2/c1-12-4-6-15(16(19)9-12)17-7-5-14(24-17)11-21-22-18(23)13-3-2-8-20-10-13/h2-11H,1H3,(H,22,23)/b21-11-. The Bertz CT molecular complexity index is 888. The summed E-state index contributed by atoms with van der Waals surface area (Å²) < 4.78 is 6.70. The Balaban J connectivity index is 1.69. The summed E-state index contributed by atoms with van der Waals surface area (Å²) in [6.07, 6.45) is 4.54. The number of hydrogen-bond donors (Lipinski definition) is 1. The number of amides is 1. The number of rotatable bonds is 4. The van der Waals surface area contributed by atoms with Gasteiger partial charge in [-0.05, 0) is 48.9 Å². The van der Waals surface area contributed by atoms with Crippen LogP contribution in [0.4, 0.5) is 0 Å². The van der Waals surface area contributed by atoms with Crippen LogP contribution in [0.1, 0.15) is 21.7 Å². The fraction of sp³-hybridized carbons (Fsp3) is 0.0556. The largest absolute Gasteiger partial charge is 0.455 e. The van der Waals surface area contributed by atoms with Crippen LogP contribution in [0.5, 0.6) is 0 Å². The summed E-state index contributed by atoms with van der Waals surface area (Å²) in [6.45, 7) is 2.03. The van der Waals surface area contributed by atoms with Gasteiger partial charge < -0.3 is 4.42 Å². The second-order valence-corrected chi connectivity index (χ2v) is 5.98. The van der Waals surface area contributed by atoms with Gasteiger partial charge in [0.1, 0.15) is 11.5 Å². The highest BCUT2D eigenvalue weighted by Crippen LogP contribution is 2.30. The van der Waals surface area contributed by atoms with Crippen molar-refractivity contribution in [3.8, 4) is 11.3 Å². The molecule has 0 saturated heterocycles. The summed E-state index contributed by atoms with van der Waals surface area (Å²) >= 11 is 3.53.